The maximum absolute atomic E-state index is 13.5. The highest BCUT2D eigenvalue weighted by Crippen LogP contribution is 2.37. The summed E-state index contributed by atoms with van der Waals surface area (Å²) in [7, 11) is 5.12. The minimum Gasteiger partial charge on any atom is -0.508 e. The minimum atomic E-state index is -3.00. The zero-order valence-electron chi connectivity index (χ0n) is 23.2. The van der Waals surface area contributed by atoms with Gasteiger partial charge in [0.2, 0.25) is 5.91 Å². The Kier molecular flexibility index (Phi) is 8.31. The minimum absolute atomic E-state index is 0.0187. The molecule has 1 amide bonds. The summed E-state index contributed by atoms with van der Waals surface area (Å²) in [6, 6.07) is 13.6. The SMILES string of the molecule is Cc1nc(NC(C)c2cccc(C(F)F)c2[N+](=O)[O-])c2cc(N(C)c3ccc(O)c(CC(=O)N(C)C)c3)ccc2n1. The number of carbonyl (C=O) groups is 1. The first-order valence-corrected chi connectivity index (χ1v) is 12.7. The fraction of sp³-hybridized carbons (Fsp3) is 0.276. The van der Waals surface area contributed by atoms with Crippen LogP contribution in [0, 0.1) is 17.0 Å². The highest BCUT2D eigenvalue weighted by molar-refractivity contribution is 5.92. The number of aromatic hydroxyl groups is 1. The van der Waals surface area contributed by atoms with Gasteiger partial charge >= 0.3 is 0 Å². The number of nitrogens with one attached hydrogen (secondary N) is 1. The third-order valence-corrected chi connectivity index (χ3v) is 6.81. The van der Waals surface area contributed by atoms with E-state index in [-0.39, 0.29) is 23.6 Å². The van der Waals surface area contributed by atoms with E-state index in [1.54, 1.807) is 40.1 Å². The van der Waals surface area contributed by atoms with Gasteiger partial charge in [0.1, 0.15) is 17.4 Å². The molecule has 0 aliphatic heterocycles. The van der Waals surface area contributed by atoms with Crippen LogP contribution in [-0.2, 0) is 11.2 Å². The Balaban J connectivity index is 1.72. The molecule has 0 aliphatic carbocycles. The normalized spacial score (nSPS) is 11.9. The van der Waals surface area contributed by atoms with E-state index in [0.717, 1.165) is 17.4 Å². The molecule has 0 spiro atoms. The Hall–Kier alpha value is -4.87. The fourth-order valence-corrected chi connectivity index (χ4v) is 4.54. The molecule has 1 unspecified atom stereocenters. The van der Waals surface area contributed by atoms with E-state index in [9.17, 15) is 28.8 Å². The predicted molar refractivity (Wildman–Crippen MR) is 153 cm³/mol. The van der Waals surface area contributed by atoms with Crippen molar-refractivity contribution in [2.75, 3.05) is 31.4 Å². The number of anilines is 3. The monoisotopic (exact) mass is 564 g/mol. The molecular weight excluding hydrogens is 534 g/mol. The van der Waals surface area contributed by atoms with Crippen LogP contribution in [0.25, 0.3) is 10.9 Å². The molecule has 0 radical (unpaired) electrons. The van der Waals surface area contributed by atoms with Gasteiger partial charge in [0.05, 0.1) is 34.0 Å². The Morgan fingerprint density at radius 1 is 1.05 bits per heavy atom. The first kappa shape index (κ1) is 29.1. The second-order valence-corrected chi connectivity index (χ2v) is 9.87. The van der Waals surface area contributed by atoms with E-state index in [0.29, 0.717) is 28.1 Å². The Morgan fingerprint density at radius 2 is 1.71 bits per heavy atom. The number of alkyl halides is 2. The molecule has 0 aliphatic rings. The van der Waals surface area contributed by atoms with Gasteiger partial charge in [-0.05, 0) is 56.3 Å². The van der Waals surface area contributed by atoms with E-state index in [1.165, 1.54) is 23.1 Å². The summed E-state index contributed by atoms with van der Waals surface area (Å²) >= 11 is 0. The first-order chi connectivity index (χ1) is 19.4. The van der Waals surface area contributed by atoms with E-state index in [4.69, 9.17) is 0 Å². The van der Waals surface area contributed by atoms with E-state index in [1.807, 2.05) is 30.1 Å². The molecule has 3 aromatic carbocycles. The number of aryl methyl sites for hydroxylation is 1. The zero-order chi connectivity index (χ0) is 30.0. The van der Waals surface area contributed by atoms with Gasteiger partial charge in [0, 0.05) is 43.5 Å². The first-order valence-electron chi connectivity index (χ1n) is 12.7. The summed E-state index contributed by atoms with van der Waals surface area (Å²) in [5.41, 5.74) is 1.39. The third kappa shape index (κ3) is 6.16. The van der Waals surface area contributed by atoms with Gasteiger partial charge in [-0.25, -0.2) is 18.7 Å². The van der Waals surface area contributed by atoms with E-state index in [2.05, 4.69) is 15.3 Å². The van der Waals surface area contributed by atoms with Crippen LogP contribution in [0.3, 0.4) is 0 Å². The van der Waals surface area contributed by atoms with E-state index < -0.39 is 28.6 Å². The smallest absolute Gasteiger partial charge is 0.283 e. The highest BCUT2D eigenvalue weighted by Gasteiger charge is 2.28. The number of para-hydroxylation sites is 1. The molecule has 0 saturated carbocycles. The molecule has 41 heavy (non-hydrogen) atoms. The maximum Gasteiger partial charge on any atom is 0.283 e. The molecule has 0 saturated heterocycles. The number of aromatic nitrogens is 2. The summed E-state index contributed by atoms with van der Waals surface area (Å²) < 4.78 is 27.1. The number of hydrogen-bond donors (Lipinski definition) is 2. The van der Waals surface area contributed by atoms with Gasteiger partial charge < -0.3 is 20.2 Å². The standard InChI is InChI=1S/C29H30F2N6O4/c1-16(21-7-6-8-22(28(30)31)27(21)37(40)41)32-29-23-15-20(9-11-24(23)33-17(2)34-29)36(5)19-10-12-25(38)18(13-19)14-26(39)35(3)4/h6-13,15-16,28,38H,14H2,1-5H3,(H,32,33,34). The van der Waals surface area contributed by atoms with Crippen LogP contribution in [0.5, 0.6) is 5.75 Å². The lowest BCUT2D eigenvalue weighted by molar-refractivity contribution is -0.387. The van der Waals surface area contributed by atoms with Gasteiger partial charge in [-0.3, -0.25) is 14.9 Å². The number of hydrogen-bond acceptors (Lipinski definition) is 8. The zero-order valence-corrected chi connectivity index (χ0v) is 23.2. The number of phenolic OH excluding ortho intramolecular Hbond substituents is 1. The summed E-state index contributed by atoms with van der Waals surface area (Å²) in [5.74, 6) is 0.709. The molecule has 4 rings (SSSR count). The number of phenols is 1. The number of nitro benzene ring substituents is 1. The molecule has 1 atom stereocenters. The highest BCUT2D eigenvalue weighted by atomic mass is 19.3. The van der Waals surface area contributed by atoms with Crippen molar-refractivity contribution in [2.45, 2.75) is 32.7 Å². The number of benzene rings is 3. The van der Waals surface area contributed by atoms with Crippen molar-refractivity contribution in [3.8, 4) is 5.75 Å². The molecule has 0 fully saturated rings. The van der Waals surface area contributed by atoms with Gasteiger partial charge in [-0.1, -0.05) is 12.1 Å². The molecule has 4 aromatic rings. The second kappa shape index (κ2) is 11.7. The van der Waals surface area contributed by atoms with Crippen LogP contribution in [0.2, 0.25) is 0 Å². The Labute approximate surface area is 235 Å². The molecular formula is C29H30F2N6O4. The van der Waals surface area contributed by atoms with Crippen molar-refractivity contribution < 1.29 is 23.6 Å². The van der Waals surface area contributed by atoms with Gasteiger partial charge in [-0.15, -0.1) is 0 Å². The number of carbonyl (C=O) groups excluding carboxylic acids is 1. The molecule has 2 N–H and O–H groups in total. The van der Waals surface area contributed by atoms with Gasteiger partial charge in [-0.2, -0.15) is 0 Å². The van der Waals surface area contributed by atoms with Crippen LogP contribution in [0.15, 0.2) is 54.6 Å². The number of halogens is 2. The summed E-state index contributed by atoms with van der Waals surface area (Å²) in [6.45, 7) is 3.35. The van der Waals surface area contributed by atoms with Gasteiger partial charge in [0.25, 0.3) is 12.1 Å². The predicted octanol–water partition coefficient (Wildman–Crippen LogP) is 6.06. The number of amides is 1. The topological polar surface area (TPSA) is 125 Å². The number of nitro groups is 1. The summed E-state index contributed by atoms with van der Waals surface area (Å²) in [5, 5.41) is 25.8. The summed E-state index contributed by atoms with van der Waals surface area (Å²) in [6.07, 6.45) is -2.96. The van der Waals surface area contributed by atoms with Crippen LogP contribution in [0.4, 0.5) is 31.7 Å². The van der Waals surface area contributed by atoms with E-state index >= 15 is 0 Å². The molecule has 0 bridgehead atoms. The summed E-state index contributed by atoms with van der Waals surface area (Å²) in [4.78, 5) is 35.5. The average Bonchev–Trinajstić information content (AvgIpc) is 2.92. The van der Waals surface area contributed by atoms with Crippen molar-refractivity contribution in [2.24, 2.45) is 0 Å². The number of likely N-dealkylation sites (N-methyl/N-ethyl adjacent to an activating group) is 1. The lowest BCUT2D eigenvalue weighted by Crippen LogP contribution is -2.23. The number of nitrogens with zero attached hydrogens (tertiary/aromatic N) is 5. The van der Waals surface area contributed by atoms with Crippen LogP contribution in [-0.4, -0.2) is 51.9 Å². The quantitative estimate of drug-likeness (QED) is 0.186. The van der Waals surface area contributed by atoms with Crippen molar-refractivity contribution in [1.82, 2.24) is 14.9 Å². The number of fused-ring (bicyclic) bond motifs is 1. The van der Waals surface area contributed by atoms with Crippen molar-refractivity contribution >= 4 is 39.7 Å². The Bertz CT molecular complexity index is 1630. The van der Waals surface area contributed by atoms with Crippen LogP contribution < -0.4 is 10.2 Å². The largest absolute Gasteiger partial charge is 0.508 e. The van der Waals surface area contributed by atoms with Crippen LogP contribution in [0.1, 0.15) is 41.9 Å². The average molecular weight is 565 g/mol. The fourth-order valence-electron chi connectivity index (χ4n) is 4.54. The lowest BCUT2D eigenvalue weighted by atomic mass is 10.0. The third-order valence-electron chi connectivity index (χ3n) is 6.81. The van der Waals surface area contributed by atoms with Crippen molar-refractivity contribution in [1.29, 1.82) is 0 Å². The molecule has 214 valence electrons. The maximum atomic E-state index is 13.5. The Morgan fingerprint density at radius 3 is 2.37 bits per heavy atom. The molecule has 12 heteroatoms. The molecule has 1 aromatic heterocycles. The van der Waals surface area contributed by atoms with Crippen molar-refractivity contribution in [3.05, 3.63) is 87.2 Å². The molecule has 10 nitrogen and oxygen atoms in total. The number of rotatable bonds is 9. The molecule has 1 heterocycles. The second-order valence-electron chi connectivity index (χ2n) is 9.87. The van der Waals surface area contributed by atoms with Crippen molar-refractivity contribution in [3.63, 3.8) is 0 Å². The lowest BCUT2D eigenvalue weighted by Gasteiger charge is -2.22. The van der Waals surface area contributed by atoms with Gasteiger partial charge in [0.15, 0.2) is 0 Å². The van der Waals surface area contributed by atoms with Crippen LogP contribution >= 0.6 is 0 Å².